The summed E-state index contributed by atoms with van der Waals surface area (Å²) in [6, 6.07) is 53.4. The quantitative estimate of drug-likeness (QED) is 0.102. The number of aromatic nitrogens is 1. The summed E-state index contributed by atoms with van der Waals surface area (Å²) >= 11 is 6.27. The molecule has 0 radical (unpaired) electrons. The topological polar surface area (TPSA) is 3.88 Å². The average molecular weight is 596 g/mol. The van der Waals surface area contributed by atoms with Crippen LogP contribution >= 0.6 is 11.6 Å². The molecule has 0 aliphatic carbocycles. The van der Waals surface area contributed by atoms with Crippen LogP contribution in [0.15, 0.2) is 152 Å². The predicted octanol–water partition coefficient (Wildman–Crippen LogP) is 10.6. The molecule has 6 aromatic rings. The van der Waals surface area contributed by atoms with Gasteiger partial charge in [0.1, 0.15) is 0 Å². The second-order valence-electron chi connectivity index (χ2n) is 9.84. The zero-order valence-electron chi connectivity index (χ0n) is 23.1. The molecule has 1 heterocycles. The van der Waals surface area contributed by atoms with Gasteiger partial charge in [0.25, 0.3) is 0 Å². The number of rotatable bonds is 6. The third-order valence-electron chi connectivity index (χ3n) is 6.86. The van der Waals surface area contributed by atoms with Crippen molar-refractivity contribution in [3.05, 3.63) is 162 Å². The number of nitrogens with zero attached hydrogens (tertiary/aromatic N) is 1. The van der Waals surface area contributed by atoms with E-state index < -0.39 is 7.25 Å². The van der Waals surface area contributed by atoms with Crippen molar-refractivity contribution in [2.75, 3.05) is 0 Å². The highest BCUT2D eigenvalue weighted by Gasteiger charge is 2.29. The predicted molar refractivity (Wildman–Crippen MR) is 169 cm³/mol. The van der Waals surface area contributed by atoms with Crippen molar-refractivity contribution in [1.29, 1.82) is 0 Å². The first-order valence-electron chi connectivity index (χ1n) is 13.7. The molecule has 0 unspecified atom stereocenters. The van der Waals surface area contributed by atoms with Crippen molar-refractivity contribution in [3.63, 3.8) is 0 Å². The molecule has 0 aliphatic rings. The maximum absolute atomic E-state index is 9.75. The number of hydrogen-bond donors (Lipinski definition) is 0. The zero-order chi connectivity index (χ0) is 30.2. The van der Waals surface area contributed by atoms with Crippen molar-refractivity contribution in [1.82, 2.24) is 0 Å². The van der Waals surface area contributed by atoms with Crippen molar-refractivity contribution >= 4 is 18.9 Å². The second-order valence-corrected chi connectivity index (χ2v) is 10.3. The highest BCUT2D eigenvalue weighted by molar-refractivity contribution is 6.50. The van der Waals surface area contributed by atoms with Crippen molar-refractivity contribution < 1.29 is 21.8 Å². The molecular weight excluding hydrogens is 569 g/mol. The van der Waals surface area contributed by atoms with Crippen LogP contribution in [-0.4, -0.2) is 7.25 Å². The lowest BCUT2D eigenvalue weighted by atomic mass is 9.90. The molecular formula is C36H27BClF4N. The highest BCUT2D eigenvalue weighted by atomic mass is 35.5. The summed E-state index contributed by atoms with van der Waals surface area (Å²) in [6.07, 6.45) is 0. The van der Waals surface area contributed by atoms with Gasteiger partial charge in [-0.3, -0.25) is 0 Å². The highest BCUT2D eigenvalue weighted by Crippen LogP contribution is 2.38. The smallest absolute Gasteiger partial charge is 0.418 e. The summed E-state index contributed by atoms with van der Waals surface area (Å²) in [5, 5.41) is 0.744. The lowest BCUT2D eigenvalue weighted by molar-refractivity contribution is -0.665. The maximum atomic E-state index is 9.75. The second kappa shape index (κ2) is 13.5. The number of pyridine rings is 1. The van der Waals surface area contributed by atoms with E-state index in [-0.39, 0.29) is 0 Å². The minimum absolute atomic E-state index is 0.701. The molecule has 0 N–H and O–H groups in total. The number of hydrogen-bond acceptors (Lipinski definition) is 0. The van der Waals surface area contributed by atoms with Gasteiger partial charge in [-0.05, 0) is 53.6 Å². The van der Waals surface area contributed by atoms with E-state index in [1.165, 1.54) is 50.3 Å². The fraction of sp³-hybridized carbons (Fsp3) is 0.0278. The van der Waals surface area contributed by atoms with Gasteiger partial charge in [0.2, 0.25) is 11.4 Å². The molecule has 0 fully saturated rings. The van der Waals surface area contributed by atoms with E-state index >= 15 is 0 Å². The van der Waals surface area contributed by atoms with Crippen molar-refractivity contribution in [2.45, 2.75) is 6.54 Å². The van der Waals surface area contributed by atoms with Crippen LogP contribution in [0.4, 0.5) is 17.3 Å². The van der Waals surface area contributed by atoms with Crippen LogP contribution in [0.2, 0.25) is 5.02 Å². The Labute approximate surface area is 253 Å². The fourth-order valence-electron chi connectivity index (χ4n) is 5.10. The van der Waals surface area contributed by atoms with Gasteiger partial charge in [0.05, 0.1) is 11.1 Å². The summed E-state index contributed by atoms with van der Waals surface area (Å²) in [5.74, 6) is 0. The van der Waals surface area contributed by atoms with E-state index in [2.05, 4.69) is 144 Å². The summed E-state index contributed by atoms with van der Waals surface area (Å²) in [4.78, 5) is 0. The van der Waals surface area contributed by atoms with Gasteiger partial charge in [-0.1, -0.05) is 121 Å². The van der Waals surface area contributed by atoms with Crippen LogP contribution in [0.25, 0.3) is 44.8 Å². The van der Waals surface area contributed by atoms with Gasteiger partial charge < -0.3 is 17.3 Å². The summed E-state index contributed by atoms with van der Waals surface area (Å²) in [6.45, 7) is 0.701. The fourth-order valence-corrected chi connectivity index (χ4v) is 5.23. The summed E-state index contributed by atoms with van der Waals surface area (Å²) < 4.78 is 41.5. The van der Waals surface area contributed by atoms with Gasteiger partial charge >= 0.3 is 7.25 Å². The van der Waals surface area contributed by atoms with E-state index in [9.17, 15) is 17.3 Å². The van der Waals surface area contributed by atoms with Crippen LogP contribution < -0.4 is 4.57 Å². The number of benzene rings is 5. The first-order chi connectivity index (χ1) is 20.8. The molecule has 0 spiro atoms. The van der Waals surface area contributed by atoms with E-state index in [0.29, 0.717) is 6.54 Å². The largest absolute Gasteiger partial charge is 0.673 e. The Hall–Kier alpha value is -4.68. The van der Waals surface area contributed by atoms with Crippen LogP contribution in [-0.2, 0) is 6.54 Å². The van der Waals surface area contributed by atoms with Gasteiger partial charge in [-0.2, -0.15) is 4.57 Å². The molecule has 0 saturated heterocycles. The molecule has 0 saturated carbocycles. The monoisotopic (exact) mass is 595 g/mol. The molecule has 0 atom stereocenters. The first-order valence-corrected chi connectivity index (χ1v) is 14.1. The third kappa shape index (κ3) is 7.79. The summed E-state index contributed by atoms with van der Waals surface area (Å²) in [7, 11) is -6.00. The SMILES string of the molecule is Clc1ccc(C[n+]2c(-c3ccccc3)c(-c3ccccc3)cc(-c3ccccc3)c2-c2ccccc2)cc1.F[B-](F)(F)F. The van der Waals surface area contributed by atoms with Crippen LogP contribution in [0.1, 0.15) is 5.56 Å². The van der Waals surface area contributed by atoms with Gasteiger partial charge in [0.15, 0.2) is 6.54 Å². The summed E-state index contributed by atoms with van der Waals surface area (Å²) in [5.41, 5.74) is 10.7. The van der Waals surface area contributed by atoms with Gasteiger partial charge in [0, 0.05) is 21.7 Å². The van der Waals surface area contributed by atoms with E-state index in [1.807, 2.05) is 12.1 Å². The van der Waals surface area contributed by atoms with E-state index in [0.717, 1.165) is 5.02 Å². The Balaban J connectivity index is 0.000000682. The molecule has 1 nitrogen and oxygen atoms in total. The molecule has 0 bridgehead atoms. The molecule has 43 heavy (non-hydrogen) atoms. The van der Waals surface area contributed by atoms with E-state index in [1.54, 1.807) is 0 Å². The Kier molecular flexibility index (Phi) is 9.38. The Morgan fingerprint density at radius 1 is 0.465 bits per heavy atom. The van der Waals surface area contributed by atoms with Crippen LogP contribution in [0.5, 0.6) is 0 Å². The van der Waals surface area contributed by atoms with Gasteiger partial charge in [-0.25, -0.2) is 0 Å². The minimum Gasteiger partial charge on any atom is -0.418 e. The standard InChI is InChI=1S/C36H27ClN.BF4/c37-32-23-21-27(22-24-32)26-38-35(30-17-9-3-10-18-30)33(28-13-5-1-6-14-28)25-34(29-15-7-2-8-16-29)36(38)31-19-11-4-12-20-31;2-1(3,4)5/h1-25H,26H2;/q+1;-1. The minimum atomic E-state index is -6.00. The van der Waals surface area contributed by atoms with Gasteiger partial charge in [-0.15, -0.1) is 0 Å². The molecule has 1 aromatic heterocycles. The lowest BCUT2D eigenvalue weighted by Crippen LogP contribution is -2.40. The average Bonchev–Trinajstić information content (AvgIpc) is 3.02. The molecule has 5 aromatic carbocycles. The molecule has 0 aliphatic heterocycles. The molecule has 214 valence electrons. The van der Waals surface area contributed by atoms with Crippen LogP contribution in [0, 0.1) is 0 Å². The third-order valence-corrected chi connectivity index (χ3v) is 7.11. The molecule has 7 heteroatoms. The molecule has 0 amide bonds. The zero-order valence-corrected chi connectivity index (χ0v) is 23.8. The Bertz CT molecular complexity index is 1660. The van der Waals surface area contributed by atoms with Crippen LogP contribution in [0.3, 0.4) is 0 Å². The number of halogens is 5. The lowest BCUT2D eigenvalue weighted by Gasteiger charge is -2.18. The first kappa shape index (κ1) is 29.8. The van der Waals surface area contributed by atoms with Crippen molar-refractivity contribution in [3.8, 4) is 44.8 Å². The van der Waals surface area contributed by atoms with Crippen molar-refractivity contribution in [2.24, 2.45) is 0 Å². The Morgan fingerprint density at radius 2 is 0.791 bits per heavy atom. The maximum Gasteiger partial charge on any atom is 0.673 e. The molecule has 6 rings (SSSR count). The normalized spacial score (nSPS) is 11.0. The Morgan fingerprint density at radius 3 is 1.14 bits per heavy atom. The van der Waals surface area contributed by atoms with E-state index in [4.69, 9.17) is 11.6 Å².